The second-order valence-corrected chi connectivity index (χ2v) is 8.24. The van der Waals surface area contributed by atoms with Gasteiger partial charge in [0.05, 0.1) is 6.42 Å². The Morgan fingerprint density at radius 2 is 2.14 bits per heavy atom. The number of ether oxygens (including phenoxy) is 2. The molecule has 5 N–H and O–H groups in total. The third-order valence-corrected chi connectivity index (χ3v) is 6.57. The number of nitrogens with two attached hydrogens (primary N) is 1. The first-order valence-electron chi connectivity index (χ1n) is 8.15. The minimum atomic E-state index is -1.84. The Bertz CT molecular complexity index is 887. The average molecular weight is 443 g/mol. The number of carbonyl (C=O) groups is 4. The zero-order valence-electron chi connectivity index (χ0n) is 15.0. The largest absolute Gasteiger partial charge is 0.477 e. The molecule has 11 nitrogen and oxygen atoms in total. The number of fused-ring (bicyclic) bond motifs is 1. The van der Waals surface area contributed by atoms with Crippen LogP contribution in [0.1, 0.15) is 4.88 Å². The molecule has 13 heteroatoms. The molecule has 2 aliphatic heterocycles. The number of nitrogens with one attached hydrogen (secondary N) is 1. The number of nitrogens with zero attached hydrogens (tertiary/aromatic N) is 1. The number of hydrogen-bond acceptors (Lipinski definition) is 9. The third-order valence-electron chi connectivity index (χ3n) is 4.35. The van der Waals surface area contributed by atoms with Gasteiger partial charge >= 0.3 is 12.1 Å². The SMILES string of the molecule is CO[C@@]1(NC(=O)Cc2cccs2)C(=O)N2C(C(=O)O)=C(COC(N)=O)C(O)S[C@@H]21. The monoisotopic (exact) mass is 443 g/mol. The van der Waals surface area contributed by atoms with E-state index < -0.39 is 52.7 Å². The van der Waals surface area contributed by atoms with Crippen molar-refractivity contribution in [3.63, 3.8) is 0 Å². The molecule has 0 saturated carbocycles. The van der Waals surface area contributed by atoms with E-state index in [1.54, 1.807) is 17.5 Å². The number of aliphatic carboxylic acids is 1. The Hall–Kier alpha value is -2.61. The molecule has 29 heavy (non-hydrogen) atoms. The maximum absolute atomic E-state index is 12.9. The average Bonchev–Trinajstić information content (AvgIpc) is 3.16. The summed E-state index contributed by atoms with van der Waals surface area (Å²) in [7, 11) is 1.20. The van der Waals surface area contributed by atoms with Gasteiger partial charge in [0.15, 0.2) is 0 Å². The molecule has 0 aromatic carbocycles. The molecule has 2 aliphatic rings. The Balaban J connectivity index is 1.87. The Labute approximate surface area is 172 Å². The predicted octanol–water partition coefficient (Wildman–Crippen LogP) is -0.583. The van der Waals surface area contributed by atoms with Crippen molar-refractivity contribution in [3.8, 4) is 0 Å². The summed E-state index contributed by atoms with van der Waals surface area (Å²) in [5.41, 5.74) is 0.863. The van der Waals surface area contributed by atoms with Crippen LogP contribution in [-0.4, -0.2) is 69.2 Å². The quantitative estimate of drug-likeness (QED) is 0.318. The van der Waals surface area contributed by atoms with Crippen molar-refractivity contribution in [2.75, 3.05) is 13.7 Å². The summed E-state index contributed by atoms with van der Waals surface area (Å²) in [5, 5.41) is 23.2. The number of hydrogen-bond donors (Lipinski definition) is 4. The van der Waals surface area contributed by atoms with Crippen LogP contribution in [0.25, 0.3) is 0 Å². The molecule has 1 aromatic heterocycles. The normalized spacial score (nSPS) is 25.9. The lowest BCUT2D eigenvalue weighted by Gasteiger charge is -2.56. The van der Waals surface area contributed by atoms with Crippen LogP contribution in [0, 0.1) is 0 Å². The first-order chi connectivity index (χ1) is 13.7. The molecular formula is C16H17N3O8S2. The number of methoxy groups -OCH3 is 1. The van der Waals surface area contributed by atoms with E-state index in [1.807, 2.05) is 0 Å². The maximum Gasteiger partial charge on any atom is 0.404 e. The number of thioether (sulfide) groups is 1. The van der Waals surface area contributed by atoms with E-state index >= 15 is 0 Å². The number of thiophene rings is 1. The van der Waals surface area contributed by atoms with Gasteiger partial charge in [-0.25, -0.2) is 9.59 Å². The smallest absolute Gasteiger partial charge is 0.404 e. The minimum absolute atomic E-state index is 0.00925. The number of carboxylic acid groups (broad SMARTS) is 1. The molecule has 0 aliphatic carbocycles. The summed E-state index contributed by atoms with van der Waals surface area (Å²) in [6.45, 7) is -0.605. The number of carboxylic acids is 1. The molecule has 1 fully saturated rings. The second-order valence-electron chi connectivity index (χ2n) is 6.05. The molecule has 0 spiro atoms. The van der Waals surface area contributed by atoms with Gasteiger partial charge in [0.2, 0.25) is 5.91 Å². The minimum Gasteiger partial charge on any atom is -0.477 e. The topological polar surface area (TPSA) is 168 Å². The lowest BCUT2D eigenvalue weighted by atomic mass is 9.97. The molecule has 0 bridgehead atoms. The van der Waals surface area contributed by atoms with Crippen molar-refractivity contribution in [1.82, 2.24) is 10.2 Å². The van der Waals surface area contributed by atoms with Crippen LogP contribution < -0.4 is 11.1 Å². The van der Waals surface area contributed by atoms with E-state index in [-0.39, 0.29) is 12.0 Å². The molecule has 156 valence electrons. The van der Waals surface area contributed by atoms with Gasteiger partial charge in [0.25, 0.3) is 11.6 Å². The van der Waals surface area contributed by atoms with Gasteiger partial charge in [-0.15, -0.1) is 11.3 Å². The van der Waals surface area contributed by atoms with Crippen molar-refractivity contribution >= 4 is 47.0 Å². The molecule has 1 saturated heterocycles. The summed E-state index contributed by atoms with van der Waals surface area (Å²) in [4.78, 5) is 49.5. The van der Waals surface area contributed by atoms with Crippen LogP contribution in [0.3, 0.4) is 0 Å². The molecule has 1 unspecified atom stereocenters. The van der Waals surface area contributed by atoms with Crippen LogP contribution in [0.15, 0.2) is 28.8 Å². The van der Waals surface area contributed by atoms with Crippen molar-refractivity contribution in [2.24, 2.45) is 5.73 Å². The molecule has 3 heterocycles. The van der Waals surface area contributed by atoms with Gasteiger partial charge in [-0.2, -0.15) is 0 Å². The van der Waals surface area contributed by atoms with Gasteiger partial charge in [-0.1, -0.05) is 17.8 Å². The number of aliphatic hydroxyl groups is 1. The van der Waals surface area contributed by atoms with E-state index in [0.29, 0.717) is 0 Å². The fourth-order valence-electron chi connectivity index (χ4n) is 3.06. The maximum atomic E-state index is 12.9. The van der Waals surface area contributed by atoms with E-state index in [1.165, 1.54) is 18.4 Å². The number of β-lactam (4-membered cyclic amide) rings is 1. The van der Waals surface area contributed by atoms with Gasteiger partial charge in [-0.3, -0.25) is 14.5 Å². The fraction of sp³-hybridized carbons (Fsp3) is 0.375. The Kier molecular flexibility index (Phi) is 5.84. The van der Waals surface area contributed by atoms with Crippen LogP contribution in [0.2, 0.25) is 0 Å². The van der Waals surface area contributed by atoms with Crippen LogP contribution in [0.5, 0.6) is 0 Å². The molecule has 3 rings (SSSR count). The van der Waals surface area contributed by atoms with E-state index in [0.717, 1.165) is 21.5 Å². The second kappa shape index (κ2) is 8.02. The number of carbonyl (C=O) groups excluding carboxylic acids is 3. The number of amides is 3. The highest BCUT2D eigenvalue weighted by molar-refractivity contribution is 8.00. The first kappa shape index (κ1) is 21.1. The summed E-state index contributed by atoms with van der Waals surface area (Å²) >= 11 is 2.14. The van der Waals surface area contributed by atoms with Crippen molar-refractivity contribution in [1.29, 1.82) is 0 Å². The van der Waals surface area contributed by atoms with Gasteiger partial charge in [0, 0.05) is 17.6 Å². The lowest BCUT2D eigenvalue weighted by Crippen LogP contribution is -2.81. The molecule has 0 radical (unpaired) electrons. The predicted molar refractivity (Wildman–Crippen MR) is 100 cm³/mol. The molecule has 3 atom stereocenters. The number of primary amides is 1. The fourth-order valence-corrected chi connectivity index (χ4v) is 5.13. The molecule has 3 amide bonds. The summed E-state index contributed by atoms with van der Waals surface area (Å²) < 4.78 is 9.87. The lowest BCUT2D eigenvalue weighted by molar-refractivity contribution is -0.193. The van der Waals surface area contributed by atoms with E-state index in [4.69, 9.17) is 10.5 Å². The first-order valence-corrected chi connectivity index (χ1v) is 9.97. The Morgan fingerprint density at radius 3 is 2.69 bits per heavy atom. The summed E-state index contributed by atoms with van der Waals surface area (Å²) in [6, 6.07) is 3.54. The van der Waals surface area contributed by atoms with E-state index in [2.05, 4.69) is 10.1 Å². The third kappa shape index (κ3) is 3.69. The van der Waals surface area contributed by atoms with Crippen molar-refractivity contribution < 1.29 is 38.9 Å². The van der Waals surface area contributed by atoms with Crippen LogP contribution in [0.4, 0.5) is 4.79 Å². The van der Waals surface area contributed by atoms with Crippen molar-refractivity contribution in [2.45, 2.75) is 23.0 Å². The highest BCUT2D eigenvalue weighted by atomic mass is 32.2. The summed E-state index contributed by atoms with van der Waals surface area (Å²) in [6.07, 6.45) is -1.15. The highest BCUT2D eigenvalue weighted by Crippen LogP contribution is 2.48. The number of aliphatic hydroxyl groups excluding tert-OH is 1. The van der Waals surface area contributed by atoms with Gasteiger partial charge in [0.1, 0.15) is 23.1 Å². The zero-order chi connectivity index (χ0) is 21.3. The standard InChI is InChI=1S/C16H17N3O8S2/c1-26-16(18-9(20)5-7-3-2-4-28-7)13(24)19-10(11(21)22)8(6-27-15(17)25)12(23)29-14(16)19/h2-4,12,14,23H,5-6H2,1H3,(H2,17,25)(H,18,20)(H,21,22)/t12?,14-,16+/m1/s1. The van der Waals surface area contributed by atoms with Crippen molar-refractivity contribution in [3.05, 3.63) is 33.7 Å². The van der Waals surface area contributed by atoms with Crippen LogP contribution in [-0.2, 0) is 30.3 Å². The van der Waals surface area contributed by atoms with E-state index in [9.17, 15) is 29.4 Å². The zero-order valence-corrected chi connectivity index (χ0v) is 16.6. The highest BCUT2D eigenvalue weighted by Gasteiger charge is 2.67. The van der Waals surface area contributed by atoms with Gasteiger partial charge < -0.3 is 30.7 Å². The van der Waals surface area contributed by atoms with Crippen LogP contribution >= 0.6 is 23.1 Å². The molecule has 1 aromatic rings. The molecular weight excluding hydrogens is 426 g/mol. The summed E-state index contributed by atoms with van der Waals surface area (Å²) in [5.74, 6) is -2.83. The Morgan fingerprint density at radius 1 is 1.41 bits per heavy atom. The number of rotatable bonds is 7. The van der Waals surface area contributed by atoms with Gasteiger partial charge in [-0.05, 0) is 11.4 Å².